The minimum absolute atomic E-state index is 0.0150. The number of aryl methyl sites for hydroxylation is 1. The standard InChI is InChI=1S/C27H39N3O4S/c1-6-22(4)28-27(32)25(7-2)29(20-23-15-12-11-14-21(23)3)26(31)18-13-19-30(35(5,33)34)24-16-9-8-10-17-24/h8-12,14-17,22,25H,6-7,13,18-20H2,1-5H3,(H,28,32)/t22-,25+/m0/s1. The summed E-state index contributed by atoms with van der Waals surface area (Å²) in [6.45, 7) is 8.35. The van der Waals surface area contributed by atoms with Crippen molar-refractivity contribution in [2.24, 2.45) is 0 Å². The molecule has 0 aliphatic rings. The molecular formula is C27H39N3O4S. The van der Waals surface area contributed by atoms with E-state index in [1.165, 1.54) is 10.6 Å². The molecule has 0 bridgehead atoms. The molecule has 0 heterocycles. The first-order valence-electron chi connectivity index (χ1n) is 12.3. The van der Waals surface area contributed by atoms with E-state index < -0.39 is 16.1 Å². The molecule has 2 aromatic carbocycles. The van der Waals surface area contributed by atoms with Crippen molar-refractivity contribution in [3.8, 4) is 0 Å². The average Bonchev–Trinajstić information content (AvgIpc) is 2.82. The molecule has 2 amide bonds. The van der Waals surface area contributed by atoms with Gasteiger partial charge in [-0.3, -0.25) is 13.9 Å². The molecule has 2 aromatic rings. The maximum Gasteiger partial charge on any atom is 0.243 e. The van der Waals surface area contributed by atoms with Gasteiger partial charge in [0.2, 0.25) is 21.8 Å². The van der Waals surface area contributed by atoms with Gasteiger partial charge in [-0.15, -0.1) is 0 Å². The molecule has 1 N–H and O–H groups in total. The van der Waals surface area contributed by atoms with Crippen molar-refractivity contribution in [3.63, 3.8) is 0 Å². The number of rotatable bonds is 13. The Labute approximate surface area is 210 Å². The first-order chi connectivity index (χ1) is 16.6. The van der Waals surface area contributed by atoms with E-state index in [4.69, 9.17) is 0 Å². The minimum atomic E-state index is -3.50. The van der Waals surface area contributed by atoms with Crippen molar-refractivity contribution in [2.45, 2.75) is 72.0 Å². The fourth-order valence-electron chi connectivity index (χ4n) is 3.93. The Kier molecular flexibility index (Phi) is 10.8. The number of nitrogens with zero attached hydrogens (tertiary/aromatic N) is 2. The second kappa shape index (κ2) is 13.3. The highest BCUT2D eigenvalue weighted by molar-refractivity contribution is 7.92. The fraction of sp³-hybridized carbons (Fsp3) is 0.481. The SMILES string of the molecule is CC[C@H](C(=O)N[C@@H](C)CC)N(Cc1ccccc1C)C(=O)CCCN(c1ccccc1)S(C)(=O)=O. The van der Waals surface area contributed by atoms with Gasteiger partial charge in [0.05, 0.1) is 11.9 Å². The second-order valence-corrected chi connectivity index (χ2v) is 10.9. The molecule has 0 aromatic heterocycles. The summed E-state index contributed by atoms with van der Waals surface area (Å²) < 4.78 is 26.1. The third-order valence-electron chi connectivity index (χ3n) is 6.19. The van der Waals surface area contributed by atoms with Crippen LogP contribution in [0, 0.1) is 6.92 Å². The van der Waals surface area contributed by atoms with Gasteiger partial charge < -0.3 is 10.2 Å². The highest BCUT2D eigenvalue weighted by Gasteiger charge is 2.29. The van der Waals surface area contributed by atoms with Crippen LogP contribution in [0.15, 0.2) is 54.6 Å². The van der Waals surface area contributed by atoms with Crippen LogP contribution in [0.25, 0.3) is 0 Å². The summed E-state index contributed by atoms with van der Waals surface area (Å²) in [6, 6.07) is 16.1. The van der Waals surface area contributed by atoms with Crippen LogP contribution in [0.3, 0.4) is 0 Å². The van der Waals surface area contributed by atoms with E-state index in [1.807, 2.05) is 58.0 Å². The van der Waals surface area contributed by atoms with Gasteiger partial charge in [0.1, 0.15) is 6.04 Å². The highest BCUT2D eigenvalue weighted by atomic mass is 32.2. The van der Waals surface area contributed by atoms with E-state index in [0.717, 1.165) is 17.5 Å². The van der Waals surface area contributed by atoms with Crippen LogP contribution in [0.5, 0.6) is 0 Å². The van der Waals surface area contributed by atoms with Crippen LogP contribution in [0.4, 0.5) is 5.69 Å². The first kappa shape index (κ1) is 28.4. The third kappa shape index (κ3) is 8.38. The zero-order chi connectivity index (χ0) is 26.0. The Morgan fingerprint density at radius 3 is 2.17 bits per heavy atom. The molecule has 192 valence electrons. The molecular weight excluding hydrogens is 462 g/mol. The number of carbonyl (C=O) groups excluding carboxylic acids is 2. The molecule has 0 aliphatic carbocycles. The van der Waals surface area contributed by atoms with E-state index in [2.05, 4.69) is 5.32 Å². The van der Waals surface area contributed by atoms with Crippen molar-refractivity contribution in [1.82, 2.24) is 10.2 Å². The van der Waals surface area contributed by atoms with Gasteiger partial charge in [0, 0.05) is 25.6 Å². The number of amides is 2. The fourth-order valence-corrected chi connectivity index (χ4v) is 4.90. The Morgan fingerprint density at radius 1 is 0.971 bits per heavy atom. The molecule has 8 heteroatoms. The third-order valence-corrected chi connectivity index (χ3v) is 7.38. The Bertz CT molecular complexity index is 1070. The second-order valence-electron chi connectivity index (χ2n) is 8.96. The lowest BCUT2D eigenvalue weighted by Gasteiger charge is -2.32. The predicted molar refractivity (Wildman–Crippen MR) is 142 cm³/mol. The van der Waals surface area contributed by atoms with Crippen LogP contribution in [0.1, 0.15) is 57.6 Å². The number of anilines is 1. The van der Waals surface area contributed by atoms with Crippen molar-refractivity contribution < 1.29 is 18.0 Å². The van der Waals surface area contributed by atoms with Crippen LogP contribution >= 0.6 is 0 Å². The zero-order valence-electron chi connectivity index (χ0n) is 21.5. The van der Waals surface area contributed by atoms with Crippen LogP contribution in [0.2, 0.25) is 0 Å². The minimum Gasteiger partial charge on any atom is -0.352 e. The number of hydrogen-bond acceptors (Lipinski definition) is 4. The van der Waals surface area contributed by atoms with Gasteiger partial charge in [0.25, 0.3) is 0 Å². The van der Waals surface area contributed by atoms with Crippen molar-refractivity contribution >= 4 is 27.5 Å². The summed E-state index contributed by atoms with van der Waals surface area (Å²) in [5.74, 6) is -0.327. The number of benzene rings is 2. The molecule has 0 radical (unpaired) electrons. The number of hydrogen-bond donors (Lipinski definition) is 1. The van der Waals surface area contributed by atoms with Gasteiger partial charge in [-0.2, -0.15) is 0 Å². The lowest BCUT2D eigenvalue weighted by atomic mass is 10.0. The summed E-state index contributed by atoms with van der Waals surface area (Å²) in [6.07, 6.45) is 2.93. The Balaban J connectivity index is 2.22. The lowest BCUT2D eigenvalue weighted by Crippen LogP contribution is -2.50. The highest BCUT2D eigenvalue weighted by Crippen LogP contribution is 2.20. The lowest BCUT2D eigenvalue weighted by molar-refractivity contribution is -0.141. The van der Waals surface area contributed by atoms with Gasteiger partial charge in [-0.05, 0) is 56.4 Å². The molecule has 0 aliphatic heterocycles. The van der Waals surface area contributed by atoms with Crippen molar-refractivity contribution in [1.29, 1.82) is 0 Å². The van der Waals surface area contributed by atoms with E-state index >= 15 is 0 Å². The summed E-state index contributed by atoms with van der Waals surface area (Å²) in [4.78, 5) is 28.2. The molecule has 0 saturated carbocycles. The van der Waals surface area contributed by atoms with Gasteiger partial charge in [-0.1, -0.05) is 56.3 Å². The van der Waals surface area contributed by atoms with Gasteiger partial charge >= 0.3 is 0 Å². The first-order valence-corrected chi connectivity index (χ1v) is 14.1. The molecule has 0 saturated heterocycles. The van der Waals surface area contributed by atoms with Crippen LogP contribution in [-0.2, 0) is 26.2 Å². The number of para-hydroxylation sites is 1. The monoisotopic (exact) mass is 501 g/mol. The van der Waals surface area contributed by atoms with E-state index in [9.17, 15) is 18.0 Å². The molecule has 0 unspecified atom stereocenters. The van der Waals surface area contributed by atoms with E-state index in [0.29, 0.717) is 25.1 Å². The Hall–Kier alpha value is -2.87. The molecule has 2 rings (SSSR count). The number of nitrogens with one attached hydrogen (secondary N) is 1. The molecule has 0 spiro atoms. The maximum atomic E-state index is 13.5. The molecule has 7 nitrogen and oxygen atoms in total. The van der Waals surface area contributed by atoms with Crippen molar-refractivity contribution in [3.05, 3.63) is 65.7 Å². The largest absolute Gasteiger partial charge is 0.352 e. The number of carbonyl (C=O) groups is 2. The van der Waals surface area contributed by atoms with E-state index in [-0.39, 0.29) is 30.8 Å². The van der Waals surface area contributed by atoms with Gasteiger partial charge in [0.15, 0.2) is 0 Å². The van der Waals surface area contributed by atoms with E-state index in [1.54, 1.807) is 29.2 Å². The van der Waals surface area contributed by atoms with Crippen LogP contribution < -0.4 is 9.62 Å². The van der Waals surface area contributed by atoms with Crippen LogP contribution in [-0.4, -0.2) is 50.0 Å². The summed E-state index contributed by atoms with van der Waals surface area (Å²) >= 11 is 0. The normalized spacial score (nSPS) is 13.1. The maximum absolute atomic E-state index is 13.5. The summed E-state index contributed by atoms with van der Waals surface area (Å²) in [5, 5.41) is 3.01. The van der Waals surface area contributed by atoms with Gasteiger partial charge in [-0.25, -0.2) is 8.42 Å². The topological polar surface area (TPSA) is 86.8 Å². The average molecular weight is 502 g/mol. The van der Waals surface area contributed by atoms with Crippen molar-refractivity contribution in [2.75, 3.05) is 17.1 Å². The zero-order valence-corrected chi connectivity index (χ0v) is 22.3. The molecule has 35 heavy (non-hydrogen) atoms. The quantitative estimate of drug-likeness (QED) is 0.444. The summed E-state index contributed by atoms with van der Waals surface area (Å²) in [5.41, 5.74) is 2.60. The smallest absolute Gasteiger partial charge is 0.243 e. The molecule has 2 atom stereocenters. The summed E-state index contributed by atoms with van der Waals surface area (Å²) in [7, 11) is -3.50. The predicted octanol–water partition coefficient (Wildman–Crippen LogP) is 4.26. The Morgan fingerprint density at radius 2 is 1.60 bits per heavy atom. The molecule has 0 fully saturated rings. The number of sulfonamides is 1.